The fourth-order valence-electron chi connectivity index (χ4n) is 1.85. The summed E-state index contributed by atoms with van der Waals surface area (Å²) in [6.45, 7) is 10.1. The first-order valence-electron chi connectivity index (χ1n) is 6.28. The molecule has 0 aliphatic carbocycles. The van der Waals surface area contributed by atoms with E-state index in [2.05, 4.69) is 26.1 Å². The van der Waals surface area contributed by atoms with E-state index >= 15 is 0 Å². The van der Waals surface area contributed by atoms with Crippen LogP contribution >= 0.6 is 0 Å². The average molecular weight is 248 g/mol. The van der Waals surface area contributed by atoms with Crippen LogP contribution in [0.2, 0.25) is 0 Å². The maximum absolute atomic E-state index is 11.9. The number of anilines is 1. The third kappa shape index (κ3) is 4.49. The molecule has 3 heteroatoms. The maximum atomic E-state index is 11.9. The topological polar surface area (TPSA) is 55.1 Å². The van der Waals surface area contributed by atoms with Crippen LogP contribution in [-0.4, -0.2) is 11.4 Å². The first-order valence-corrected chi connectivity index (χ1v) is 6.28. The summed E-state index contributed by atoms with van der Waals surface area (Å²) in [5.74, 6) is -0.0424. The summed E-state index contributed by atoms with van der Waals surface area (Å²) < 4.78 is 0. The Morgan fingerprint density at radius 2 is 1.72 bits per heavy atom. The average Bonchev–Trinajstić information content (AvgIpc) is 2.13. The van der Waals surface area contributed by atoms with Crippen molar-refractivity contribution in [2.45, 2.75) is 52.0 Å². The van der Waals surface area contributed by atoms with Gasteiger partial charge in [-0.25, -0.2) is 0 Å². The number of carbonyl (C=O) groups is 1. The predicted octanol–water partition coefficient (Wildman–Crippen LogP) is 3.05. The van der Waals surface area contributed by atoms with Crippen LogP contribution in [0.15, 0.2) is 24.3 Å². The number of para-hydroxylation sites is 1. The molecule has 0 saturated heterocycles. The second-order valence-corrected chi connectivity index (χ2v) is 6.51. The van der Waals surface area contributed by atoms with E-state index in [4.69, 9.17) is 5.73 Å². The van der Waals surface area contributed by atoms with E-state index < -0.39 is 5.54 Å². The van der Waals surface area contributed by atoms with Crippen molar-refractivity contribution in [3.05, 3.63) is 29.8 Å². The van der Waals surface area contributed by atoms with Gasteiger partial charge in [-0.1, -0.05) is 39.0 Å². The summed E-state index contributed by atoms with van der Waals surface area (Å²) in [7, 11) is 0. The second kappa shape index (κ2) is 5.11. The standard InChI is InChI=1S/C15H24N2O/c1-14(2,3)11-8-6-7-9-12(11)17-13(18)10-15(4,5)16/h6-9H,10,16H2,1-5H3,(H,17,18). The molecule has 3 N–H and O–H groups in total. The van der Waals surface area contributed by atoms with Crippen molar-refractivity contribution in [1.82, 2.24) is 0 Å². The zero-order valence-corrected chi connectivity index (χ0v) is 12.0. The van der Waals surface area contributed by atoms with Crippen LogP contribution < -0.4 is 11.1 Å². The molecule has 1 rings (SSSR count). The summed E-state index contributed by atoms with van der Waals surface area (Å²) in [6.07, 6.45) is 0.311. The molecule has 0 aliphatic heterocycles. The van der Waals surface area contributed by atoms with Crippen molar-refractivity contribution in [1.29, 1.82) is 0 Å². The molecule has 18 heavy (non-hydrogen) atoms. The number of hydrogen-bond donors (Lipinski definition) is 2. The lowest BCUT2D eigenvalue weighted by Gasteiger charge is -2.24. The normalized spacial score (nSPS) is 12.3. The lowest BCUT2D eigenvalue weighted by Crippen LogP contribution is -2.36. The van der Waals surface area contributed by atoms with Gasteiger partial charge in [-0.15, -0.1) is 0 Å². The Bertz CT molecular complexity index is 425. The number of amides is 1. The number of hydrogen-bond acceptors (Lipinski definition) is 2. The van der Waals surface area contributed by atoms with Gasteiger partial charge in [0.25, 0.3) is 0 Å². The Labute approximate surface area is 110 Å². The maximum Gasteiger partial charge on any atom is 0.226 e. The number of rotatable bonds is 3. The Morgan fingerprint density at radius 1 is 1.17 bits per heavy atom. The van der Waals surface area contributed by atoms with Gasteiger partial charge in [0.15, 0.2) is 0 Å². The molecule has 0 radical (unpaired) electrons. The highest BCUT2D eigenvalue weighted by Crippen LogP contribution is 2.29. The Balaban J connectivity index is 2.89. The van der Waals surface area contributed by atoms with Gasteiger partial charge in [0, 0.05) is 17.6 Å². The fraction of sp³-hybridized carbons (Fsp3) is 0.533. The van der Waals surface area contributed by atoms with Crippen LogP contribution in [0.3, 0.4) is 0 Å². The minimum Gasteiger partial charge on any atom is -0.326 e. The lowest BCUT2D eigenvalue weighted by atomic mass is 9.85. The van der Waals surface area contributed by atoms with Gasteiger partial charge in [-0.2, -0.15) is 0 Å². The summed E-state index contributed by atoms with van der Waals surface area (Å²) >= 11 is 0. The van der Waals surface area contributed by atoms with Gasteiger partial charge >= 0.3 is 0 Å². The predicted molar refractivity (Wildman–Crippen MR) is 76.7 cm³/mol. The summed E-state index contributed by atoms with van der Waals surface area (Å²) in [6, 6.07) is 7.90. The lowest BCUT2D eigenvalue weighted by molar-refractivity contribution is -0.117. The zero-order valence-electron chi connectivity index (χ0n) is 12.0. The van der Waals surface area contributed by atoms with Crippen molar-refractivity contribution in [2.75, 3.05) is 5.32 Å². The van der Waals surface area contributed by atoms with E-state index in [-0.39, 0.29) is 11.3 Å². The summed E-state index contributed by atoms with van der Waals surface area (Å²) in [5.41, 5.74) is 7.38. The van der Waals surface area contributed by atoms with E-state index in [9.17, 15) is 4.79 Å². The van der Waals surface area contributed by atoms with Crippen LogP contribution in [0.5, 0.6) is 0 Å². The van der Waals surface area contributed by atoms with E-state index in [1.807, 2.05) is 38.1 Å². The summed E-state index contributed by atoms with van der Waals surface area (Å²) in [5, 5.41) is 2.95. The van der Waals surface area contributed by atoms with Gasteiger partial charge in [-0.05, 0) is 30.9 Å². The number of carbonyl (C=O) groups excluding carboxylic acids is 1. The van der Waals surface area contributed by atoms with Crippen LogP contribution in [0.4, 0.5) is 5.69 Å². The highest BCUT2D eigenvalue weighted by atomic mass is 16.1. The Morgan fingerprint density at radius 3 is 2.22 bits per heavy atom. The van der Waals surface area contributed by atoms with E-state index in [1.165, 1.54) is 0 Å². The van der Waals surface area contributed by atoms with Gasteiger partial charge in [0.05, 0.1) is 0 Å². The molecule has 1 amide bonds. The van der Waals surface area contributed by atoms with Crippen molar-refractivity contribution < 1.29 is 4.79 Å². The Hall–Kier alpha value is -1.35. The molecule has 1 aromatic rings. The van der Waals surface area contributed by atoms with Crippen LogP contribution in [0, 0.1) is 0 Å². The molecule has 100 valence electrons. The van der Waals surface area contributed by atoms with Gasteiger partial charge < -0.3 is 11.1 Å². The van der Waals surface area contributed by atoms with Crippen molar-refractivity contribution in [3.8, 4) is 0 Å². The zero-order chi connectivity index (χ0) is 14.0. The van der Waals surface area contributed by atoms with Crippen molar-refractivity contribution in [3.63, 3.8) is 0 Å². The quantitative estimate of drug-likeness (QED) is 0.863. The van der Waals surface area contributed by atoms with Crippen LogP contribution in [0.25, 0.3) is 0 Å². The number of nitrogens with one attached hydrogen (secondary N) is 1. The third-order valence-electron chi connectivity index (χ3n) is 2.63. The van der Waals surface area contributed by atoms with Gasteiger partial charge in [0.2, 0.25) is 5.91 Å². The fourth-order valence-corrected chi connectivity index (χ4v) is 1.85. The van der Waals surface area contributed by atoms with Gasteiger partial charge in [-0.3, -0.25) is 4.79 Å². The summed E-state index contributed by atoms with van der Waals surface area (Å²) in [4.78, 5) is 11.9. The molecule has 0 aromatic heterocycles. The van der Waals surface area contributed by atoms with Crippen molar-refractivity contribution in [2.24, 2.45) is 5.73 Å². The monoisotopic (exact) mass is 248 g/mol. The van der Waals surface area contributed by atoms with Gasteiger partial charge in [0.1, 0.15) is 0 Å². The van der Waals surface area contributed by atoms with Crippen LogP contribution in [0.1, 0.15) is 46.6 Å². The van der Waals surface area contributed by atoms with E-state index in [1.54, 1.807) is 0 Å². The molecule has 3 nitrogen and oxygen atoms in total. The highest BCUT2D eigenvalue weighted by Gasteiger charge is 2.20. The molecule has 0 saturated carbocycles. The van der Waals surface area contributed by atoms with E-state index in [0.29, 0.717) is 6.42 Å². The molecule has 0 aliphatic rings. The SMILES string of the molecule is CC(C)(N)CC(=O)Nc1ccccc1C(C)(C)C. The molecule has 0 bridgehead atoms. The highest BCUT2D eigenvalue weighted by molar-refractivity contribution is 5.92. The molecule has 0 unspecified atom stereocenters. The molecule has 0 spiro atoms. The molecule has 0 fully saturated rings. The first-order chi connectivity index (χ1) is 8.09. The minimum atomic E-state index is -0.485. The van der Waals surface area contributed by atoms with E-state index in [0.717, 1.165) is 11.3 Å². The van der Waals surface area contributed by atoms with Crippen molar-refractivity contribution >= 4 is 11.6 Å². The first kappa shape index (κ1) is 14.7. The number of nitrogens with two attached hydrogens (primary N) is 1. The molecular formula is C15H24N2O. The third-order valence-corrected chi connectivity index (χ3v) is 2.63. The molecular weight excluding hydrogens is 224 g/mol. The minimum absolute atomic E-state index is 0.00209. The smallest absolute Gasteiger partial charge is 0.226 e. The van der Waals surface area contributed by atoms with Crippen LogP contribution in [-0.2, 0) is 10.2 Å². The molecule has 1 aromatic carbocycles. The largest absolute Gasteiger partial charge is 0.326 e. The second-order valence-electron chi connectivity index (χ2n) is 6.51. The number of benzene rings is 1. The molecule has 0 atom stereocenters. The Kier molecular flexibility index (Phi) is 4.17. The molecule has 0 heterocycles.